The number of carbonyl (C=O) groups excluding carboxylic acids is 1. The number of methoxy groups -OCH3 is 1. The van der Waals surface area contributed by atoms with Gasteiger partial charge in [0.05, 0.1) is 12.7 Å². The van der Waals surface area contributed by atoms with E-state index in [-0.39, 0.29) is 5.97 Å². The van der Waals surface area contributed by atoms with Gasteiger partial charge in [0.25, 0.3) is 0 Å². The van der Waals surface area contributed by atoms with E-state index in [1.54, 1.807) is 0 Å². The van der Waals surface area contributed by atoms with E-state index in [4.69, 9.17) is 9.47 Å². The molecule has 1 saturated heterocycles. The minimum atomic E-state index is -0.270. The monoisotopic (exact) mass is 249 g/mol. The van der Waals surface area contributed by atoms with Crippen LogP contribution in [0, 0.1) is 0 Å². The molecule has 1 N–H and O–H groups in total. The van der Waals surface area contributed by atoms with Crippen molar-refractivity contribution in [1.29, 1.82) is 0 Å². The number of esters is 1. The van der Waals surface area contributed by atoms with Crippen LogP contribution in [0.4, 0.5) is 5.69 Å². The fraction of sp³-hybridized carbons (Fsp3) is 0.500. The Labute approximate surface area is 107 Å². The molecule has 1 aliphatic heterocycles. The van der Waals surface area contributed by atoms with Gasteiger partial charge in [0.15, 0.2) is 0 Å². The molecule has 18 heavy (non-hydrogen) atoms. The van der Waals surface area contributed by atoms with Gasteiger partial charge in [0, 0.05) is 25.9 Å². The average molecular weight is 249 g/mol. The van der Waals surface area contributed by atoms with Crippen LogP contribution in [0.1, 0.15) is 34.7 Å². The molecule has 0 unspecified atom stereocenters. The minimum Gasteiger partial charge on any atom is -0.465 e. The van der Waals surface area contributed by atoms with Crippen LogP contribution in [-0.2, 0) is 9.47 Å². The first-order valence-corrected chi connectivity index (χ1v) is 6.24. The van der Waals surface area contributed by atoms with E-state index in [9.17, 15) is 4.79 Å². The molecular weight excluding hydrogens is 230 g/mol. The molecule has 0 amide bonds. The van der Waals surface area contributed by atoms with Gasteiger partial charge in [0.2, 0.25) is 0 Å². The second-order valence-electron chi connectivity index (χ2n) is 4.40. The van der Waals surface area contributed by atoms with Crippen LogP contribution in [0.2, 0.25) is 0 Å². The van der Waals surface area contributed by atoms with Crippen LogP contribution in [0.15, 0.2) is 18.2 Å². The summed E-state index contributed by atoms with van der Waals surface area (Å²) < 4.78 is 10.3. The molecule has 0 atom stereocenters. The number of hydrogen-bond donors (Lipinski definition) is 1. The van der Waals surface area contributed by atoms with Gasteiger partial charge < -0.3 is 14.8 Å². The van der Waals surface area contributed by atoms with Gasteiger partial charge in [-0.15, -0.1) is 0 Å². The SMILES string of the molecule is CNc1cccc(C(=O)OC)c1C1CCOCC1. The lowest BCUT2D eigenvalue weighted by molar-refractivity contribution is 0.0592. The quantitative estimate of drug-likeness (QED) is 0.836. The van der Waals surface area contributed by atoms with Crippen molar-refractivity contribution in [3.05, 3.63) is 29.3 Å². The Morgan fingerprint density at radius 2 is 2.11 bits per heavy atom. The summed E-state index contributed by atoms with van der Waals surface area (Å²) in [4.78, 5) is 11.9. The van der Waals surface area contributed by atoms with Crippen molar-refractivity contribution in [2.75, 3.05) is 32.7 Å². The van der Waals surface area contributed by atoms with Crippen LogP contribution < -0.4 is 5.32 Å². The lowest BCUT2D eigenvalue weighted by atomic mass is 9.87. The third kappa shape index (κ3) is 2.48. The van der Waals surface area contributed by atoms with Crippen LogP contribution >= 0.6 is 0 Å². The summed E-state index contributed by atoms with van der Waals surface area (Å²) in [7, 11) is 3.29. The number of benzene rings is 1. The molecule has 1 aromatic carbocycles. The van der Waals surface area contributed by atoms with E-state index < -0.39 is 0 Å². The number of ether oxygens (including phenoxy) is 2. The van der Waals surface area contributed by atoms with Crippen LogP contribution in [0.25, 0.3) is 0 Å². The van der Waals surface area contributed by atoms with Gasteiger partial charge in [-0.3, -0.25) is 0 Å². The van der Waals surface area contributed by atoms with E-state index >= 15 is 0 Å². The zero-order chi connectivity index (χ0) is 13.0. The molecule has 0 saturated carbocycles. The Kier molecular flexibility index (Phi) is 4.20. The molecule has 1 heterocycles. The molecule has 98 valence electrons. The van der Waals surface area contributed by atoms with Gasteiger partial charge in [0.1, 0.15) is 0 Å². The van der Waals surface area contributed by atoms with E-state index in [1.165, 1.54) is 7.11 Å². The maximum Gasteiger partial charge on any atom is 0.338 e. The largest absolute Gasteiger partial charge is 0.465 e. The summed E-state index contributed by atoms with van der Waals surface area (Å²) in [6.07, 6.45) is 1.89. The molecule has 0 spiro atoms. The summed E-state index contributed by atoms with van der Waals surface area (Å²) in [5, 5.41) is 3.16. The van der Waals surface area contributed by atoms with E-state index in [2.05, 4.69) is 5.32 Å². The van der Waals surface area contributed by atoms with Gasteiger partial charge >= 0.3 is 5.97 Å². The first-order chi connectivity index (χ1) is 8.77. The number of hydrogen-bond acceptors (Lipinski definition) is 4. The maximum absolute atomic E-state index is 11.9. The second-order valence-corrected chi connectivity index (χ2v) is 4.40. The summed E-state index contributed by atoms with van der Waals surface area (Å²) in [6.45, 7) is 1.51. The van der Waals surface area contributed by atoms with Crippen molar-refractivity contribution in [2.24, 2.45) is 0 Å². The minimum absolute atomic E-state index is 0.270. The molecule has 1 aromatic rings. The number of rotatable bonds is 3. The standard InChI is InChI=1S/C14H19NO3/c1-15-12-5-3-4-11(14(16)17-2)13(12)10-6-8-18-9-7-10/h3-5,10,15H,6-9H2,1-2H3. The van der Waals surface area contributed by atoms with Gasteiger partial charge in [-0.05, 0) is 36.5 Å². The Morgan fingerprint density at radius 1 is 1.39 bits per heavy atom. The van der Waals surface area contributed by atoms with E-state index in [1.807, 2.05) is 25.2 Å². The lowest BCUT2D eigenvalue weighted by Crippen LogP contribution is -2.18. The highest BCUT2D eigenvalue weighted by atomic mass is 16.5. The highest BCUT2D eigenvalue weighted by Crippen LogP contribution is 2.35. The summed E-state index contributed by atoms with van der Waals surface area (Å²) in [6, 6.07) is 5.70. The Bertz CT molecular complexity index is 425. The summed E-state index contributed by atoms with van der Waals surface area (Å²) >= 11 is 0. The topological polar surface area (TPSA) is 47.6 Å². The molecule has 4 heteroatoms. The van der Waals surface area contributed by atoms with Crippen LogP contribution in [0.3, 0.4) is 0 Å². The molecule has 2 rings (SSSR count). The molecule has 1 aliphatic rings. The Balaban J connectivity index is 2.42. The number of anilines is 1. The number of carbonyl (C=O) groups is 1. The van der Waals surface area contributed by atoms with Crippen LogP contribution in [0.5, 0.6) is 0 Å². The number of nitrogens with one attached hydrogen (secondary N) is 1. The third-order valence-corrected chi connectivity index (χ3v) is 3.41. The molecule has 0 aromatic heterocycles. The fourth-order valence-electron chi connectivity index (χ4n) is 2.50. The van der Waals surface area contributed by atoms with Crippen molar-refractivity contribution >= 4 is 11.7 Å². The molecule has 0 bridgehead atoms. The van der Waals surface area contributed by atoms with Crippen molar-refractivity contribution < 1.29 is 14.3 Å². The van der Waals surface area contributed by atoms with E-state index in [0.717, 1.165) is 37.3 Å². The lowest BCUT2D eigenvalue weighted by Gasteiger charge is -2.26. The maximum atomic E-state index is 11.9. The Hall–Kier alpha value is -1.55. The molecule has 4 nitrogen and oxygen atoms in total. The third-order valence-electron chi connectivity index (χ3n) is 3.41. The molecule has 0 radical (unpaired) electrons. The van der Waals surface area contributed by atoms with Gasteiger partial charge in [-0.1, -0.05) is 6.07 Å². The van der Waals surface area contributed by atoms with Gasteiger partial charge in [-0.2, -0.15) is 0 Å². The van der Waals surface area contributed by atoms with Crippen molar-refractivity contribution in [3.8, 4) is 0 Å². The zero-order valence-electron chi connectivity index (χ0n) is 10.9. The fourth-order valence-corrected chi connectivity index (χ4v) is 2.50. The first-order valence-electron chi connectivity index (χ1n) is 6.24. The normalized spacial score (nSPS) is 16.3. The second kappa shape index (κ2) is 5.87. The highest BCUT2D eigenvalue weighted by Gasteiger charge is 2.24. The predicted octanol–water partition coefficient (Wildman–Crippen LogP) is 2.41. The first kappa shape index (κ1) is 12.9. The summed E-state index contributed by atoms with van der Waals surface area (Å²) in [5.74, 6) is 0.0880. The van der Waals surface area contributed by atoms with Gasteiger partial charge in [-0.25, -0.2) is 4.79 Å². The molecular formula is C14H19NO3. The average Bonchev–Trinajstić information content (AvgIpc) is 2.46. The molecule has 0 aliphatic carbocycles. The molecule has 1 fully saturated rings. The van der Waals surface area contributed by atoms with E-state index in [0.29, 0.717) is 11.5 Å². The predicted molar refractivity (Wildman–Crippen MR) is 70.1 cm³/mol. The van der Waals surface area contributed by atoms with Crippen molar-refractivity contribution in [2.45, 2.75) is 18.8 Å². The summed E-state index contributed by atoms with van der Waals surface area (Å²) in [5.41, 5.74) is 2.73. The van der Waals surface area contributed by atoms with Crippen molar-refractivity contribution in [1.82, 2.24) is 0 Å². The van der Waals surface area contributed by atoms with Crippen molar-refractivity contribution in [3.63, 3.8) is 0 Å². The highest BCUT2D eigenvalue weighted by molar-refractivity contribution is 5.93. The zero-order valence-corrected chi connectivity index (χ0v) is 10.9. The smallest absolute Gasteiger partial charge is 0.338 e. The Morgan fingerprint density at radius 3 is 2.72 bits per heavy atom. The van der Waals surface area contributed by atoms with Crippen LogP contribution in [-0.4, -0.2) is 33.3 Å².